The average molecular weight is 406 g/mol. The van der Waals surface area contributed by atoms with Gasteiger partial charge >= 0.3 is 0 Å². The number of pyridine rings is 1. The Morgan fingerprint density at radius 1 is 1.17 bits per heavy atom. The normalized spacial score (nSPS) is 12.9. The molecule has 0 spiro atoms. The zero-order valence-electron chi connectivity index (χ0n) is 16.0. The van der Waals surface area contributed by atoms with E-state index in [1.807, 2.05) is 11.0 Å². The number of aliphatic hydroxyl groups excluding tert-OH is 1. The van der Waals surface area contributed by atoms with Gasteiger partial charge in [-0.3, -0.25) is 0 Å². The summed E-state index contributed by atoms with van der Waals surface area (Å²) in [5, 5.41) is 17.8. The molecule has 3 aromatic heterocycles. The number of nitrogen functional groups attached to an aromatic ring is 1. The number of hydrogen-bond acceptors (Lipinski definition) is 8. The molecule has 9 nitrogen and oxygen atoms in total. The number of nitrogens with zero attached hydrogens (tertiary/aromatic N) is 6. The average Bonchev–Trinajstić information content (AvgIpc) is 3.32. The second kappa shape index (κ2) is 7.23. The summed E-state index contributed by atoms with van der Waals surface area (Å²) in [4.78, 5) is 15.4. The van der Waals surface area contributed by atoms with E-state index in [1.165, 1.54) is 6.07 Å². The third-order valence-corrected chi connectivity index (χ3v) is 5.03. The number of nitrogens with one attached hydrogen (secondary N) is 1. The molecule has 0 fully saturated rings. The molecule has 1 aliphatic rings. The van der Waals surface area contributed by atoms with Gasteiger partial charge in [0.05, 0.1) is 25.2 Å². The third kappa shape index (κ3) is 2.98. The molecule has 30 heavy (non-hydrogen) atoms. The van der Waals surface area contributed by atoms with Crippen LogP contribution in [-0.4, -0.2) is 49.7 Å². The number of aromatic nitrogens is 5. The molecule has 10 heteroatoms. The molecule has 0 aliphatic carbocycles. The first-order valence-corrected chi connectivity index (χ1v) is 9.48. The van der Waals surface area contributed by atoms with E-state index in [0.717, 1.165) is 5.39 Å². The van der Waals surface area contributed by atoms with E-state index >= 15 is 0 Å². The van der Waals surface area contributed by atoms with E-state index in [2.05, 4.69) is 25.4 Å². The first kappa shape index (κ1) is 18.3. The lowest BCUT2D eigenvalue weighted by Gasteiger charge is -2.16. The largest absolute Gasteiger partial charge is 0.395 e. The van der Waals surface area contributed by atoms with E-state index < -0.39 is 0 Å². The zero-order chi connectivity index (χ0) is 20.7. The summed E-state index contributed by atoms with van der Waals surface area (Å²) in [7, 11) is 0. The number of nitrogens with two attached hydrogens (primary N) is 1. The summed E-state index contributed by atoms with van der Waals surface area (Å²) >= 11 is 0. The zero-order valence-corrected chi connectivity index (χ0v) is 16.0. The number of fused-ring (bicyclic) bond motifs is 2. The number of anilines is 3. The maximum atomic E-state index is 14.2. The van der Waals surface area contributed by atoms with Crippen LogP contribution in [-0.2, 0) is 6.54 Å². The molecule has 152 valence electrons. The van der Waals surface area contributed by atoms with Gasteiger partial charge < -0.3 is 21.1 Å². The molecule has 4 aromatic rings. The van der Waals surface area contributed by atoms with Crippen LogP contribution in [0.15, 0.2) is 42.6 Å². The Hall–Kier alpha value is -3.79. The highest BCUT2D eigenvalue weighted by Gasteiger charge is 2.26. The van der Waals surface area contributed by atoms with E-state index in [-0.39, 0.29) is 19.0 Å². The van der Waals surface area contributed by atoms with Crippen molar-refractivity contribution in [3.05, 3.63) is 54.0 Å². The summed E-state index contributed by atoms with van der Waals surface area (Å²) < 4.78 is 15.8. The molecule has 0 amide bonds. The third-order valence-electron chi connectivity index (χ3n) is 5.03. The Bertz CT molecular complexity index is 1240. The number of benzene rings is 1. The highest BCUT2D eigenvalue weighted by Crippen LogP contribution is 2.36. The smallest absolute Gasteiger partial charge is 0.184 e. The fourth-order valence-electron chi connectivity index (χ4n) is 3.65. The van der Waals surface area contributed by atoms with Crippen molar-refractivity contribution >= 4 is 28.4 Å². The second-order valence-electron chi connectivity index (χ2n) is 6.92. The van der Waals surface area contributed by atoms with Gasteiger partial charge in [0.1, 0.15) is 17.2 Å². The Labute approximate surface area is 171 Å². The summed E-state index contributed by atoms with van der Waals surface area (Å²) in [6.07, 6.45) is 1.66. The van der Waals surface area contributed by atoms with Gasteiger partial charge in [-0.05, 0) is 18.2 Å². The van der Waals surface area contributed by atoms with Gasteiger partial charge in [-0.15, -0.1) is 0 Å². The summed E-state index contributed by atoms with van der Waals surface area (Å²) in [5.74, 6) is 0.945. The minimum atomic E-state index is -0.301. The lowest BCUT2D eigenvalue weighted by atomic mass is 10.2. The van der Waals surface area contributed by atoms with Crippen molar-refractivity contribution in [3.63, 3.8) is 0 Å². The molecule has 5 rings (SSSR count). The molecular weight excluding hydrogens is 387 g/mol. The molecule has 1 aromatic carbocycles. The number of β-amino-alcohol motifs (C(OH)–C–C–N with tert-alkyl or cyclic N) is 1. The molecule has 0 radical (unpaired) electrons. The topological polar surface area (TPSA) is 118 Å². The molecule has 0 saturated heterocycles. The van der Waals surface area contributed by atoms with Crippen molar-refractivity contribution < 1.29 is 9.50 Å². The van der Waals surface area contributed by atoms with E-state index in [4.69, 9.17) is 5.73 Å². The molecule has 0 unspecified atom stereocenters. The van der Waals surface area contributed by atoms with Gasteiger partial charge in [-0.1, -0.05) is 18.2 Å². The van der Waals surface area contributed by atoms with Crippen LogP contribution < -0.4 is 16.0 Å². The monoisotopic (exact) mass is 406 g/mol. The Kier molecular flexibility index (Phi) is 4.40. The molecule has 0 bridgehead atoms. The number of rotatable bonds is 5. The van der Waals surface area contributed by atoms with Crippen molar-refractivity contribution in [2.24, 2.45) is 0 Å². The van der Waals surface area contributed by atoms with Crippen molar-refractivity contribution in [2.75, 3.05) is 35.8 Å². The molecule has 1 aliphatic heterocycles. The minimum Gasteiger partial charge on any atom is -0.395 e. The van der Waals surface area contributed by atoms with Gasteiger partial charge in [0.15, 0.2) is 23.1 Å². The molecular formula is C20H19FN8O. The quantitative estimate of drug-likeness (QED) is 0.460. The van der Waals surface area contributed by atoms with E-state index in [1.54, 1.807) is 35.1 Å². The van der Waals surface area contributed by atoms with E-state index in [9.17, 15) is 9.50 Å². The lowest BCUT2D eigenvalue weighted by Crippen LogP contribution is -2.26. The second-order valence-corrected chi connectivity index (χ2v) is 6.92. The predicted molar refractivity (Wildman–Crippen MR) is 111 cm³/mol. The van der Waals surface area contributed by atoms with Crippen molar-refractivity contribution in [1.29, 1.82) is 0 Å². The number of aliphatic hydroxyl groups is 1. The molecule has 0 saturated carbocycles. The van der Waals surface area contributed by atoms with Gasteiger partial charge in [0.25, 0.3) is 0 Å². The van der Waals surface area contributed by atoms with Crippen molar-refractivity contribution in [3.8, 4) is 11.5 Å². The van der Waals surface area contributed by atoms with Gasteiger partial charge in [0.2, 0.25) is 0 Å². The van der Waals surface area contributed by atoms with Crippen LogP contribution in [0.3, 0.4) is 0 Å². The fourth-order valence-corrected chi connectivity index (χ4v) is 3.65. The highest BCUT2D eigenvalue weighted by molar-refractivity contribution is 5.91. The molecule has 4 N–H and O–H groups in total. The van der Waals surface area contributed by atoms with Crippen LogP contribution in [0.2, 0.25) is 0 Å². The Morgan fingerprint density at radius 2 is 2.03 bits per heavy atom. The number of halogens is 1. The van der Waals surface area contributed by atoms with Crippen LogP contribution in [0.4, 0.5) is 21.7 Å². The maximum absolute atomic E-state index is 14.2. The predicted octanol–water partition coefficient (Wildman–Crippen LogP) is 1.84. The van der Waals surface area contributed by atoms with Crippen LogP contribution in [0.1, 0.15) is 5.56 Å². The van der Waals surface area contributed by atoms with Crippen molar-refractivity contribution in [2.45, 2.75) is 6.54 Å². The van der Waals surface area contributed by atoms with Crippen molar-refractivity contribution in [1.82, 2.24) is 24.7 Å². The lowest BCUT2D eigenvalue weighted by molar-refractivity contribution is 0.303. The molecule has 0 atom stereocenters. The summed E-state index contributed by atoms with van der Waals surface area (Å²) in [5.41, 5.74) is 8.51. The van der Waals surface area contributed by atoms with Crippen LogP contribution in [0, 0.1) is 5.82 Å². The van der Waals surface area contributed by atoms with Crippen LogP contribution in [0.5, 0.6) is 0 Å². The molecule has 4 heterocycles. The first-order valence-electron chi connectivity index (χ1n) is 9.48. The summed E-state index contributed by atoms with van der Waals surface area (Å²) in [6, 6.07) is 10.3. The maximum Gasteiger partial charge on any atom is 0.184 e. The fraction of sp³-hybridized carbons (Fsp3) is 0.200. The Balaban J connectivity index is 1.61. The minimum absolute atomic E-state index is 0.000923. The first-order chi connectivity index (χ1) is 14.7. The summed E-state index contributed by atoms with van der Waals surface area (Å²) in [6.45, 7) is 1.14. The number of hydrogen-bond donors (Lipinski definition) is 3. The van der Waals surface area contributed by atoms with Crippen LogP contribution >= 0.6 is 0 Å². The van der Waals surface area contributed by atoms with Gasteiger partial charge in [-0.2, -0.15) is 5.10 Å². The SMILES string of the molecule is Nc1nc(-c2nn(Cc3ccccc3F)c3ncccc23)nc2c1N(CCO)CN2. The van der Waals surface area contributed by atoms with Gasteiger partial charge in [0, 0.05) is 18.3 Å². The van der Waals surface area contributed by atoms with Gasteiger partial charge in [-0.25, -0.2) is 24.0 Å². The standard InChI is InChI=1S/C20H19FN8O/c21-14-6-2-1-4-12(14)10-29-20-13(5-3-7-23-20)15(27-29)18-25-17(22)16-19(26-18)24-11-28(16)8-9-30/h1-7,30H,8-11H2,(H3,22,24,25,26). The highest BCUT2D eigenvalue weighted by atomic mass is 19.1. The van der Waals surface area contributed by atoms with E-state index in [0.29, 0.717) is 53.3 Å². The van der Waals surface area contributed by atoms with Crippen LogP contribution in [0.25, 0.3) is 22.6 Å². The Morgan fingerprint density at radius 3 is 2.87 bits per heavy atom.